The molecule has 0 radical (unpaired) electrons. The van der Waals surface area contributed by atoms with Gasteiger partial charge in [-0.3, -0.25) is 0 Å². The van der Waals surface area contributed by atoms with Crippen molar-refractivity contribution in [2.75, 3.05) is 12.4 Å². The fourth-order valence-electron chi connectivity index (χ4n) is 2.15. The van der Waals surface area contributed by atoms with Crippen molar-refractivity contribution >= 4 is 28.9 Å². The smallest absolute Gasteiger partial charge is 0.793 e. The van der Waals surface area contributed by atoms with E-state index in [0.29, 0.717) is 6.61 Å². The molecule has 0 N–H and O–H groups in total. The molecule has 0 saturated heterocycles. The summed E-state index contributed by atoms with van der Waals surface area (Å²) in [4.78, 5) is 12.0. The van der Waals surface area contributed by atoms with E-state index >= 15 is 0 Å². The topological polar surface area (TPSA) is 32.3 Å². The molecule has 1 atom stereocenters. The Morgan fingerprint density at radius 1 is 0.818 bits per heavy atom. The average molecular weight is 417 g/mol. The molecule has 1 unspecified atom stereocenters. The van der Waals surface area contributed by atoms with Crippen molar-refractivity contribution in [2.24, 2.45) is 0 Å². The standard InChI is InChI=1S/C16H35O2PS2.Cu/c1-3-5-7-9-11-13-15-18-19(17,20)21-16-14-12-10-8-6-4-2;/h3-16H2,1-2H3,(H,17,20);/q;+1/p-1. The molecule has 0 aromatic heterocycles. The molecule has 0 amide bonds. The zero-order chi connectivity index (χ0) is 15.8. The Morgan fingerprint density at radius 3 is 1.82 bits per heavy atom. The van der Waals surface area contributed by atoms with Crippen molar-refractivity contribution in [1.29, 1.82) is 0 Å². The van der Waals surface area contributed by atoms with Crippen LogP contribution in [0.25, 0.3) is 0 Å². The third-order valence-electron chi connectivity index (χ3n) is 3.49. The summed E-state index contributed by atoms with van der Waals surface area (Å²) in [5.41, 5.74) is -2.82. The predicted molar refractivity (Wildman–Crippen MR) is 99.4 cm³/mol. The van der Waals surface area contributed by atoms with Crippen molar-refractivity contribution in [3.8, 4) is 0 Å². The zero-order valence-corrected chi connectivity index (χ0v) is 17.8. The number of rotatable bonds is 16. The molecule has 0 aliphatic heterocycles. The van der Waals surface area contributed by atoms with Gasteiger partial charge in [-0.25, -0.2) is 0 Å². The minimum atomic E-state index is -2.82. The van der Waals surface area contributed by atoms with Crippen molar-refractivity contribution in [2.45, 2.75) is 90.9 Å². The first-order valence-electron chi connectivity index (χ1n) is 8.72. The van der Waals surface area contributed by atoms with Gasteiger partial charge in [0.1, 0.15) is 0 Å². The van der Waals surface area contributed by atoms with Crippen LogP contribution >= 0.6 is 17.1 Å². The van der Waals surface area contributed by atoms with E-state index in [0.717, 1.165) is 25.0 Å². The van der Waals surface area contributed by atoms with E-state index in [2.05, 4.69) is 13.8 Å². The minimum absolute atomic E-state index is 0. The van der Waals surface area contributed by atoms with Crippen molar-refractivity contribution in [3.63, 3.8) is 0 Å². The van der Waals surface area contributed by atoms with E-state index in [-0.39, 0.29) is 17.1 Å². The Labute approximate surface area is 158 Å². The normalized spacial score (nSPS) is 13.6. The second-order valence-corrected chi connectivity index (χ2v) is 11.8. The summed E-state index contributed by atoms with van der Waals surface area (Å²) in [6, 6.07) is 0. The monoisotopic (exact) mass is 416 g/mol. The second kappa shape index (κ2) is 18.8. The third kappa shape index (κ3) is 19.5. The average Bonchev–Trinajstić information content (AvgIpc) is 2.45. The maximum absolute atomic E-state index is 12.0. The van der Waals surface area contributed by atoms with Crippen LogP contribution in [0, 0.1) is 0 Å². The third-order valence-corrected chi connectivity index (χ3v) is 7.86. The Hall–Kier alpha value is 1.44. The fraction of sp³-hybridized carbons (Fsp3) is 1.00. The first kappa shape index (κ1) is 25.7. The second-order valence-electron chi connectivity index (χ2n) is 5.65. The van der Waals surface area contributed by atoms with E-state index in [1.54, 1.807) is 0 Å². The number of unbranched alkanes of at least 4 members (excludes halogenated alkanes) is 10. The molecule has 0 aromatic carbocycles. The fourth-order valence-corrected chi connectivity index (χ4v) is 5.54. The first-order valence-corrected chi connectivity index (χ1v) is 13.0. The van der Waals surface area contributed by atoms with Gasteiger partial charge in [0.15, 0.2) is 0 Å². The number of hydrogen-bond acceptors (Lipinski definition) is 4. The summed E-state index contributed by atoms with van der Waals surface area (Å²) in [7, 11) is 0. The summed E-state index contributed by atoms with van der Waals surface area (Å²) in [5, 5.41) is 0. The summed E-state index contributed by atoms with van der Waals surface area (Å²) in [5.74, 6) is 0.878. The molecule has 6 heteroatoms. The van der Waals surface area contributed by atoms with Gasteiger partial charge in [0.05, 0.1) is 6.61 Å². The van der Waals surface area contributed by atoms with E-state index in [4.69, 9.17) is 16.3 Å². The molecule has 0 aromatic rings. The van der Waals surface area contributed by atoms with Crippen LogP contribution in [0.5, 0.6) is 0 Å². The Morgan fingerprint density at radius 2 is 1.27 bits per heavy atom. The molecule has 0 rings (SSSR count). The van der Waals surface area contributed by atoms with Crippen LogP contribution in [0.1, 0.15) is 90.9 Å². The van der Waals surface area contributed by atoms with Gasteiger partial charge >= 0.3 is 17.1 Å². The Kier molecular flexibility index (Phi) is 21.9. The maximum Gasteiger partial charge on any atom is 1.00 e. The molecule has 0 aliphatic carbocycles. The molecule has 22 heavy (non-hydrogen) atoms. The molecular weight excluding hydrogens is 383 g/mol. The molecular formula is C16H34CuO2PS2. The largest absolute Gasteiger partial charge is 1.00 e. The van der Waals surface area contributed by atoms with Crippen LogP contribution in [0.2, 0.25) is 0 Å². The Balaban J connectivity index is 0. The SMILES string of the molecule is CCCCCCCCOP([O-])(=S)SCCCCCCCC.[Cu+]. The van der Waals surface area contributed by atoms with Gasteiger partial charge < -0.3 is 9.42 Å². The summed E-state index contributed by atoms with van der Waals surface area (Å²) in [6.45, 7) is 5.01. The van der Waals surface area contributed by atoms with E-state index in [1.165, 1.54) is 69.2 Å². The molecule has 138 valence electrons. The van der Waals surface area contributed by atoms with Crippen LogP contribution < -0.4 is 4.89 Å². The van der Waals surface area contributed by atoms with Gasteiger partial charge in [-0.15, -0.1) is 11.4 Å². The molecule has 0 bridgehead atoms. The molecule has 0 heterocycles. The van der Waals surface area contributed by atoms with Gasteiger partial charge in [-0.05, 0) is 18.6 Å². The quantitative estimate of drug-likeness (QED) is 0.174. The molecule has 0 spiro atoms. The summed E-state index contributed by atoms with van der Waals surface area (Å²) < 4.78 is 5.41. The number of hydrogen-bond donors (Lipinski definition) is 0. The van der Waals surface area contributed by atoms with Crippen molar-refractivity contribution < 1.29 is 26.5 Å². The summed E-state index contributed by atoms with van der Waals surface area (Å²) in [6.07, 6.45) is 14.8. The van der Waals surface area contributed by atoms with Gasteiger partial charge in [0.2, 0.25) is 0 Å². The molecule has 0 fully saturated rings. The Bertz CT molecular complexity index is 247. The predicted octanol–water partition coefficient (Wildman–Crippen LogP) is 6.04. The molecule has 0 saturated carbocycles. The summed E-state index contributed by atoms with van der Waals surface area (Å²) >= 11 is 6.44. The van der Waals surface area contributed by atoms with Gasteiger partial charge in [-0.2, -0.15) is 0 Å². The van der Waals surface area contributed by atoms with Crippen LogP contribution in [0.3, 0.4) is 0 Å². The van der Waals surface area contributed by atoms with Gasteiger partial charge in [0, 0.05) is 5.69 Å². The molecule has 2 nitrogen and oxygen atoms in total. The van der Waals surface area contributed by atoms with Crippen LogP contribution in [0.4, 0.5) is 0 Å². The van der Waals surface area contributed by atoms with E-state index in [9.17, 15) is 4.89 Å². The maximum atomic E-state index is 12.0. The zero-order valence-electron chi connectivity index (χ0n) is 14.3. The van der Waals surface area contributed by atoms with Gasteiger partial charge in [-0.1, -0.05) is 89.9 Å². The minimum Gasteiger partial charge on any atom is -0.793 e. The van der Waals surface area contributed by atoms with Crippen molar-refractivity contribution in [1.82, 2.24) is 0 Å². The van der Waals surface area contributed by atoms with Crippen LogP contribution in [0.15, 0.2) is 0 Å². The first-order chi connectivity index (χ1) is 10.1. The van der Waals surface area contributed by atoms with E-state index < -0.39 is 5.69 Å². The van der Waals surface area contributed by atoms with Gasteiger partial charge in [0.25, 0.3) is 0 Å². The van der Waals surface area contributed by atoms with Crippen LogP contribution in [-0.2, 0) is 33.4 Å². The van der Waals surface area contributed by atoms with Crippen molar-refractivity contribution in [3.05, 3.63) is 0 Å². The van der Waals surface area contributed by atoms with E-state index in [1.807, 2.05) is 0 Å². The molecule has 0 aliphatic rings. The van der Waals surface area contributed by atoms with Crippen LogP contribution in [-0.4, -0.2) is 12.4 Å².